The Bertz CT molecular complexity index is 950. The molecule has 0 aliphatic heterocycles. The molecule has 3 aromatic heterocycles. The maximum atomic E-state index is 5.42. The van der Waals surface area contributed by atoms with E-state index in [1.165, 1.54) is 30.6 Å². The molecule has 5 rings (SSSR count). The first-order chi connectivity index (χ1) is 14.2. The Kier molecular flexibility index (Phi) is 5.47. The maximum absolute atomic E-state index is 5.42. The zero-order valence-electron chi connectivity index (χ0n) is 17.0. The second-order valence-electron chi connectivity index (χ2n) is 8.38. The van der Waals surface area contributed by atoms with Gasteiger partial charge in [-0.1, -0.05) is 36.3 Å². The van der Waals surface area contributed by atoms with Crippen LogP contribution in [0.4, 0.5) is 0 Å². The van der Waals surface area contributed by atoms with E-state index in [9.17, 15) is 0 Å². The Morgan fingerprint density at radius 2 is 2.24 bits per heavy atom. The van der Waals surface area contributed by atoms with Crippen LogP contribution in [-0.4, -0.2) is 24.9 Å². The van der Waals surface area contributed by atoms with Gasteiger partial charge in [0.05, 0.1) is 10.6 Å². The fourth-order valence-electron chi connectivity index (χ4n) is 5.19. The Morgan fingerprint density at radius 1 is 1.31 bits per heavy atom. The normalized spacial score (nSPS) is 24.4. The minimum absolute atomic E-state index is 0.401. The highest BCUT2D eigenvalue weighted by atomic mass is 32.2. The summed E-state index contributed by atoms with van der Waals surface area (Å²) in [5.74, 6) is 5.59. The van der Waals surface area contributed by atoms with Crippen molar-refractivity contribution in [2.75, 3.05) is 0 Å². The molecular formula is C21H27N5OS2. The second-order valence-corrected chi connectivity index (χ2v) is 10.3. The van der Waals surface area contributed by atoms with Crippen LogP contribution in [0.25, 0.3) is 10.7 Å². The predicted octanol–water partition coefficient (Wildman–Crippen LogP) is 5.63. The summed E-state index contributed by atoms with van der Waals surface area (Å²) in [5, 5.41) is 16.3. The van der Waals surface area contributed by atoms with E-state index in [0.29, 0.717) is 17.7 Å². The second kappa shape index (κ2) is 8.22. The smallest absolute Gasteiger partial charge is 0.237 e. The van der Waals surface area contributed by atoms with Gasteiger partial charge in [0.2, 0.25) is 5.89 Å². The molecule has 0 radical (unpaired) electrons. The number of fused-ring (bicyclic) bond motifs is 2. The van der Waals surface area contributed by atoms with Gasteiger partial charge in [-0.2, -0.15) is 4.98 Å². The van der Waals surface area contributed by atoms with Crippen molar-refractivity contribution in [2.45, 2.75) is 69.3 Å². The molecule has 2 fully saturated rings. The molecule has 0 aromatic carbocycles. The number of thiophene rings is 1. The quantitative estimate of drug-likeness (QED) is 0.432. The van der Waals surface area contributed by atoms with E-state index >= 15 is 0 Å². The average Bonchev–Trinajstić information content (AvgIpc) is 3.54. The summed E-state index contributed by atoms with van der Waals surface area (Å²) in [5.41, 5.74) is 0. The lowest BCUT2D eigenvalue weighted by molar-refractivity contribution is 0.235. The Labute approximate surface area is 179 Å². The highest BCUT2D eigenvalue weighted by molar-refractivity contribution is 7.98. The van der Waals surface area contributed by atoms with Crippen molar-refractivity contribution in [1.29, 1.82) is 0 Å². The highest BCUT2D eigenvalue weighted by Gasteiger charge is 2.43. The third-order valence-electron chi connectivity index (χ3n) is 6.53. The minimum Gasteiger partial charge on any atom is -0.338 e. The molecular weight excluding hydrogens is 402 g/mol. The summed E-state index contributed by atoms with van der Waals surface area (Å²) in [6, 6.07) is 4.63. The lowest BCUT2D eigenvalue weighted by Gasteiger charge is -2.30. The summed E-state index contributed by atoms with van der Waals surface area (Å²) in [4.78, 5) is 5.68. The van der Waals surface area contributed by atoms with Gasteiger partial charge < -0.3 is 4.52 Å². The Balaban J connectivity index is 1.40. The van der Waals surface area contributed by atoms with Crippen LogP contribution in [0.3, 0.4) is 0 Å². The summed E-state index contributed by atoms with van der Waals surface area (Å²) in [6.07, 6.45) is 7.45. The van der Waals surface area contributed by atoms with Crippen molar-refractivity contribution < 1.29 is 4.52 Å². The number of thioether (sulfide) groups is 1. The Hall–Kier alpha value is -1.67. The lowest BCUT2D eigenvalue weighted by Crippen LogP contribution is -2.23. The third-order valence-corrected chi connectivity index (χ3v) is 8.33. The predicted molar refractivity (Wildman–Crippen MR) is 115 cm³/mol. The minimum atomic E-state index is 0.401. The number of aryl methyl sites for hydroxylation is 1. The van der Waals surface area contributed by atoms with Crippen molar-refractivity contribution in [3.05, 3.63) is 29.2 Å². The molecule has 154 valence electrons. The van der Waals surface area contributed by atoms with E-state index in [4.69, 9.17) is 4.52 Å². The molecule has 0 N–H and O–H groups in total. The average molecular weight is 430 g/mol. The largest absolute Gasteiger partial charge is 0.338 e. The van der Waals surface area contributed by atoms with Crippen LogP contribution in [0, 0.1) is 17.8 Å². The zero-order chi connectivity index (χ0) is 19.8. The summed E-state index contributed by atoms with van der Waals surface area (Å²) in [7, 11) is 0. The molecule has 4 unspecified atom stereocenters. The summed E-state index contributed by atoms with van der Waals surface area (Å²) >= 11 is 3.38. The van der Waals surface area contributed by atoms with Crippen LogP contribution in [0.5, 0.6) is 0 Å². The van der Waals surface area contributed by atoms with Crippen LogP contribution in [-0.2, 0) is 12.2 Å². The van der Waals surface area contributed by atoms with Gasteiger partial charge >= 0.3 is 0 Å². The topological polar surface area (TPSA) is 69.6 Å². The molecule has 6 nitrogen and oxygen atoms in total. The van der Waals surface area contributed by atoms with Crippen molar-refractivity contribution in [2.24, 2.45) is 17.8 Å². The van der Waals surface area contributed by atoms with Crippen LogP contribution in [0.2, 0.25) is 0 Å². The highest BCUT2D eigenvalue weighted by Crippen LogP contribution is 2.53. The SMILES string of the molecule is CCCc1noc(CSc2nnc(-c3cccs3)n2C(C)C2CC3CCC2C3)n1. The fraction of sp³-hybridized carbons (Fsp3) is 0.619. The fourth-order valence-corrected chi connectivity index (χ4v) is 6.76. The van der Waals surface area contributed by atoms with Gasteiger partial charge in [0.1, 0.15) is 0 Å². The van der Waals surface area contributed by atoms with Crippen LogP contribution >= 0.6 is 23.1 Å². The van der Waals surface area contributed by atoms with Crippen molar-refractivity contribution in [3.8, 4) is 10.7 Å². The molecule has 2 saturated carbocycles. The van der Waals surface area contributed by atoms with E-state index in [-0.39, 0.29) is 0 Å². The van der Waals surface area contributed by atoms with Crippen LogP contribution in [0.1, 0.15) is 63.7 Å². The third kappa shape index (κ3) is 3.77. The zero-order valence-corrected chi connectivity index (χ0v) is 18.6. The molecule has 8 heteroatoms. The van der Waals surface area contributed by atoms with Gasteiger partial charge in [-0.3, -0.25) is 4.57 Å². The summed E-state index contributed by atoms with van der Waals surface area (Å²) in [6.45, 7) is 4.48. The number of nitrogens with zero attached hydrogens (tertiary/aromatic N) is 5. The van der Waals surface area contributed by atoms with E-state index in [1.807, 2.05) is 0 Å². The van der Waals surface area contributed by atoms with E-state index in [1.54, 1.807) is 23.1 Å². The molecule has 0 spiro atoms. The molecule has 3 aromatic rings. The molecule has 29 heavy (non-hydrogen) atoms. The number of hydrogen-bond donors (Lipinski definition) is 0. The molecule has 2 aliphatic carbocycles. The van der Waals surface area contributed by atoms with E-state index in [2.05, 4.69) is 56.3 Å². The molecule has 4 atom stereocenters. The molecule has 0 amide bonds. The Morgan fingerprint density at radius 3 is 2.97 bits per heavy atom. The van der Waals surface area contributed by atoms with Crippen LogP contribution < -0.4 is 0 Å². The van der Waals surface area contributed by atoms with Gasteiger partial charge in [0, 0.05) is 12.5 Å². The maximum Gasteiger partial charge on any atom is 0.237 e. The molecule has 2 aliphatic rings. The van der Waals surface area contributed by atoms with Gasteiger partial charge in [0.25, 0.3) is 0 Å². The van der Waals surface area contributed by atoms with E-state index < -0.39 is 0 Å². The van der Waals surface area contributed by atoms with Crippen molar-refractivity contribution in [1.82, 2.24) is 24.9 Å². The number of hydrogen-bond acceptors (Lipinski definition) is 7. The first kappa shape index (κ1) is 19.3. The van der Waals surface area contributed by atoms with Crippen LogP contribution in [0.15, 0.2) is 27.2 Å². The van der Waals surface area contributed by atoms with Gasteiger partial charge in [0.15, 0.2) is 16.8 Å². The first-order valence-corrected chi connectivity index (χ1v) is 12.5. The first-order valence-electron chi connectivity index (χ1n) is 10.7. The van der Waals surface area contributed by atoms with E-state index in [0.717, 1.165) is 47.4 Å². The molecule has 3 heterocycles. The summed E-state index contributed by atoms with van der Waals surface area (Å²) < 4.78 is 7.80. The molecule has 2 bridgehead atoms. The van der Waals surface area contributed by atoms with Crippen molar-refractivity contribution in [3.63, 3.8) is 0 Å². The monoisotopic (exact) mass is 429 g/mol. The van der Waals surface area contributed by atoms with Gasteiger partial charge in [-0.25, -0.2) is 0 Å². The standard InChI is InChI=1S/C21H27N5OS2/c1-3-5-18-22-19(27-25-18)12-29-21-24-23-20(17-6-4-9-28-17)26(21)13(2)16-11-14-7-8-15(16)10-14/h4,6,9,13-16H,3,5,7-8,10-12H2,1-2H3. The lowest BCUT2D eigenvalue weighted by atomic mass is 9.84. The number of aromatic nitrogens is 5. The van der Waals surface area contributed by atoms with Gasteiger partial charge in [-0.05, 0) is 61.8 Å². The van der Waals surface area contributed by atoms with Gasteiger partial charge in [-0.15, -0.1) is 21.5 Å². The number of rotatable bonds is 8. The van der Waals surface area contributed by atoms with Crippen molar-refractivity contribution >= 4 is 23.1 Å². The molecule has 0 saturated heterocycles.